The van der Waals surface area contributed by atoms with Gasteiger partial charge in [-0.25, -0.2) is 4.79 Å². The predicted molar refractivity (Wildman–Crippen MR) is 144 cm³/mol. The van der Waals surface area contributed by atoms with Gasteiger partial charge in [-0.3, -0.25) is 24.5 Å². The number of non-ortho nitro benzene ring substituents is 1. The minimum atomic E-state index is -1.31. The van der Waals surface area contributed by atoms with Gasteiger partial charge < -0.3 is 21.1 Å². The Morgan fingerprint density at radius 2 is 1.68 bits per heavy atom. The van der Waals surface area contributed by atoms with Gasteiger partial charge in [0.2, 0.25) is 5.91 Å². The predicted octanol–water partition coefficient (Wildman–Crippen LogP) is 2.23. The van der Waals surface area contributed by atoms with E-state index in [0.29, 0.717) is 11.3 Å². The Morgan fingerprint density at radius 1 is 0.976 bits per heavy atom. The van der Waals surface area contributed by atoms with Crippen LogP contribution in [-0.4, -0.2) is 60.0 Å². The number of rotatable bonds is 9. The molecule has 3 amide bonds. The summed E-state index contributed by atoms with van der Waals surface area (Å²) in [7, 11) is 0. The monoisotopic (exact) mass is 578 g/mol. The number of amides is 3. The van der Waals surface area contributed by atoms with Crippen LogP contribution < -0.4 is 16.0 Å². The fourth-order valence-electron chi connectivity index (χ4n) is 3.61. The molecule has 0 fully saturated rings. The maximum Gasteiger partial charge on any atom is 0.335 e. The average molecular weight is 579 g/mol. The maximum atomic E-state index is 13.2. The van der Waals surface area contributed by atoms with Crippen molar-refractivity contribution in [2.75, 3.05) is 10.6 Å². The van der Waals surface area contributed by atoms with Crippen molar-refractivity contribution in [3.63, 3.8) is 0 Å². The first-order valence-corrected chi connectivity index (χ1v) is 12.0. The summed E-state index contributed by atoms with van der Waals surface area (Å²) in [6, 6.07) is 13.7. The van der Waals surface area contributed by atoms with Crippen LogP contribution in [0.5, 0.6) is 0 Å². The molecule has 41 heavy (non-hydrogen) atoms. The minimum absolute atomic E-state index is 0.00235. The molecule has 4 aromatic rings. The lowest BCUT2D eigenvalue weighted by molar-refractivity contribution is -0.384. The fourth-order valence-corrected chi connectivity index (χ4v) is 3.78. The molecule has 0 radical (unpaired) electrons. The third-order valence-electron chi connectivity index (χ3n) is 5.62. The summed E-state index contributed by atoms with van der Waals surface area (Å²) >= 11 is 6.05. The third kappa shape index (κ3) is 7.24. The second-order valence-corrected chi connectivity index (χ2v) is 8.83. The highest BCUT2D eigenvalue weighted by atomic mass is 35.5. The molecule has 0 aliphatic carbocycles. The summed E-state index contributed by atoms with van der Waals surface area (Å²) < 4.78 is 1.24. The molecule has 4 N–H and O–H groups in total. The fraction of sp³-hybridized carbons (Fsp3) is 0.0800. The van der Waals surface area contributed by atoms with Crippen molar-refractivity contribution in [1.29, 1.82) is 0 Å². The zero-order chi connectivity index (χ0) is 29.5. The number of nitro groups is 1. The summed E-state index contributed by atoms with van der Waals surface area (Å²) in [5, 5.41) is 38.5. The molecule has 208 valence electrons. The Labute approximate surface area is 235 Å². The number of aromatic nitrogens is 4. The smallest absolute Gasteiger partial charge is 0.335 e. The molecule has 0 saturated heterocycles. The average Bonchev–Trinajstić information content (AvgIpc) is 3.48. The van der Waals surface area contributed by atoms with Crippen LogP contribution in [0.15, 0.2) is 73.1 Å². The Bertz CT molecular complexity index is 1610. The lowest BCUT2D eigenvalue weighted by Crippen LogP contribution is -2.49. The molecule has 1 atom stereocenters. The summed E-state index contributed by atoms with van der Waals surface area (Å²) in [5.41, 5.74) is 0.935. The van der Waals surface area contributed by atoms with Gasteiger partial charge in [-0.05, 0) is 58.5 Å². The van der Waals surface area contributed by atoms with Gasteiger partial charge in [0.05, 0.1) is 21.9 Å². The number of nitrogens with one attached hydrogen (secondary N) is 3. The van der Waals surface area contributed by atoms with Gasteiger partial charge in [0.1, 0.15) is 12.4 Å². The number of carbonyl (C=O) groups excluding carboxylic acids is 3. The van der Waals surface area contributed by atoms with Gasteiger partial charge in [0, 0.05) is 29.3 Å². The van der Waals surface area contributed by atoms with E-state index in [0.717, 1.165) is 0 Å². The first-order chi connectivity index (χ1) is 19.6. The molecule has 0 bridgehead atoms. The van der Waals surface area contributed by atoms with E-state index in [1.807, 2.05) is 0 Å². The van der Waals surface area contributed by atoms with Crippen LogP contribution in [0.2, 0.25) is 5.02 Å². The van der Waals surface area contributed by atoms with Gasteiger partial charge in [-0.2, -0.15) is 4.68 Å². The standard InChI is InChI=1S/C25H19ClN8O7/c26-16-5-10-21(33-13-27-31-32-33)19(12-16)29-23(36)24(37)30-20(11-14-1-8-18(9-2-14)34(40)41)22(35)28-17-6-3-15(4-7-17)25(38)39/h1-10,12-13,20H,11H2,(H,28,35)(H,29,36)(H,30,37)(H,38,39)/t20-/m0/s1. The molecular weight excluding hydrogens is 560 g/mol. The number of carboxylic acid groups (broad SMARTS) is 1. The summed E-state index contributed by atoms with van der Waals surface area (Å²) in [6.45, 7) is 0. The van der Waals surface area contributed by atoms with E-state index >= 15 is 0 Å². The molecule has 0 unspecified atom stereocenters. The van der Waals surface area contributed by atoms with Crippen LogP contribution in [-0.2, 0) is 20.8 Å². The molecule has 0 spiro atoms. The van der Waals surface area contributed by atoms with Crippen molar-refractivity contribution in [3.8, 4) is 5.69 Å². The molecule has 1 aromatic heterocycles. The molecule has 0 saturated carbocycles. The maximum absolute atomic E-state index is 13.2. The Balaban J connectivity index is 1.53. The second kappa shape index (κ2) is 12.4. The number of hydrogen-bond donors (Lipinski definition) is 4. The van der Waals surface area contributed by atoms with Gasteiger partial charge >= 0.3 is 17.8 Å². The number of aromatic carboxylic acids is 1. The number of tetrazole rings is 1. The number of nitrogens with zero attached hydrogens (tertiary/aromatic N) is 5. The van der Waals surface area contributed by atoms with Crippen LogP contribution in [0.1, 0.15) is 15.9 Å². The van der Waals surface area contributed by atoms with E-state index in [2.05, 4.69) is 31.5 Å². The van der Waals surface area contributed by atoms with Crippen molar-refractivity contribution in [1.82, 2.24) is 25.5 Å². The second-order valence-electron chi connectivity index (χ2n) is 8.40. The normalized spacial score (nSPS) is 11.2. The quantitative estimate of drug-likeness (QED) is 0.129. The first kappa shape index (κ1) is 28.3. The van der Waals surface area contributed by atoms with Gasteiger partial charge in [0.15, 0.2) is 0 Å². The Kier molecular flexibility index (Phi) is 8.59. The Hall–Kier alpha value is -5.70. The molecule has 1 heterocycles. The van der Waals surface area contributed by atoms with Crippen molar-refractivity contribution in [3.05, 3.63) is 99.3 Å². The summed E-state index contributed by atoms with van der Waals surface area (Å²) in [6.07, 6.45) is 1.13. The number of halogens is 1. The van der Waals surface area contributed by atoms with Crippen molar-refractivity contribution in [2.45, 2.75) is 12.5 Å². The summed E-state index contributed by atoms with van der Waals surface area (Å²) in [4.78, 5) is 60.4. The highest BCUT2D eigenvalue weighted by molar-refractivity contribution is 6.40. The lowest BCUT2D eigenvalue weighted by atomic mass is 10.0. The van der Waals surface area contributed by atoms with Crippen LogP contribution in [0, 0.1) is 10.1 Å². The largest absolute Gasteiger partial charge is 0.478 e. The van der Waals surface area contributed by atoms with E-state index in [-0.39, 0.29) is 34.1 Å². The van der Waals surface area contributed by atoms with E-state index in [1.54, 1.807) is 0 Å². The van der Waals surface area contributed by atoms with Crippen molar-refractivity contribution < 1.29 is 29.2 Å². The number of carboxylic acids is 1. The van der Waals surface area contributed by atoms with E-state index in [1.165, 1.54) is 77.7 Å². The molecule has 3 aromatic carbocycles. The molecule has 0 aliphatic rings. The number of nitro benzene ring substituents is 1. The number of benzene rings is 3. The number of carbonyl (C=O) groups is 4. The molecule has 4 rings (SSSR count). The molecule has 16 heteroatoms. The third-order valence-corrected chi connectivity index (χ3v) is 5.85. The zero-order valence-electron chi connectivity index (χ0n) is 20.7. The van der Waals surface area contributed by atoms with Gasteiger partial charge in [-0.1, -0.05) is 23.7 Å². The van der Waals surface area contributed by atoms with E-state index < -0.39 is 34.7 Å². The Morgan fingerprint density at radius 3 is 2.29 bits per heavy atom. The zero-order valence-corrected chi connectivity index (χ0v) is 21.5. The highest BCUT2D eigenvalue weighted by Gasteiger charge is 2.26. The van der Waals surface area contributed by atoms with Crippen molar-refractivity contribution >= 4 is 52.4 Å². The molecule has 15 nitrogen and oxygen atoms in total. The van der Waals surface area contributed by atoms with E-state index in [4.69, 9.17) is 16.7 Å². The topological polar surface area (TPSA) is 211 Å². The number of hydrogen-bond acceptors (Lipinski definition) is 9. The van der Waals surface area contributed by atoms with E-state index in [9.17, 15) is 29.3 Å². The lowest BCUT2D eigenvalue weighted by Gasteiger charge is -2.19. The van der Waals surface area contributed by atoms with Crippen LogP contribution in [0.25, 0.3) is 5.69 Å². The minimum Gasteiger partial charge on any atom is -0.478 e. The first-order valence-electron chi connectivity index (χ1n) is 11.6. The van der Waals surface area contributed by atoms with Crippen LogP contribution >= 0.6 is 11.6 Å². The van der Waals surface area contributed by atoms with Crippen molar-refractivity contribution in [2.24, 2.45) is 0 Å². The number of anilines is 2. The van der Waals surface area contributed by atoms with Crippen LogP contribution in [0.4, 0.5) is 17.1 Å². The SMILES string of the molecule is O=C(Nc1cc(Cl)ccc1-n1cnnn1)C(=O)N[C@@H](Cc1ccc([N+](=O)[O-])cc1)C(=O)Nc1ccc(C(=O)O)cc1. The van der Waals surface area contributed by atoms with Gasteiger partial charge in [0.25, 0.3) is 5.69 Å². The highest BCUT2D eigenvalue weighted by Crippen LogP contribution is 2.24. The van der Waals surface area contributed by atoms with Gasteiger partial charge in [-0.15, -0.1) is 5.10 Å². The summed E-state index contributed by atoms with van der Waals surface area (Å²) in [5.74, 6) is -4.19. The molecule has 0 aliphatic heterocycles. The van der Waals surface area contributed by atoms with Crippen LogP contribution in [0.3, 0.4) is 0 Å². The molecular formula is C25H19ClN8O7.